The van der Waals surface area contributed by atoms with Gasteiger partial charge < -0.3 is 5.32 Å². The Morgan fingerprint density at radius 1 is 1.69 bits per heavy atom. The van der Waals surface area contributed by atoms with Gasteiger partial charge in [-0.05, 0) is 26.2 Å². The minimum atomic E-state index is -0.0158. The molecule has 0 heterocycles. The monoisotopic (exact) mass is 183 g/mol. The Balaban J connectivity index is 2.30. The maximum absolute atomic E-state index is 11.3. The van der Waals surface area contributed by atoms with Crippen molar-refractivity contribution in [2.75, 3.05) is 0 Å². The zero-order chi connectivity index (χ0) is 9.84. The molecule has 1 saturated carbocycles. The summed E-state index contributed by atoms with van der Waals surface area (Å²) in [6.07, 6.45) is 3.56. The molecule has 1 amide bonds. The molecule has 13 heavy (non-hydrogen) atoms. The number of hydrogen-bond donors (Lipinski definition) is 1. The van der Waals surface area contributed by atoms with Gasteiger partial charge in [0.2, 0.25) is 5.91 Å². The third kappa shape index (κ3) is 3.17. The molecule has 1 N–H and O–H groups in total. The summed E-state index contributed by atoms with van der Waals surface area (Å²) >= 11 is 0. The Hall–Kier alpha value is -0.860. The molecule has 0 spiro atoms. The van der Waals surface area contributed by atoms with Gasteiger partial charge in [-0.1, -0.05) is 0 Å². The first-order valence-electron chi connectivity index (χ1n) is 4.89. The van der Waals surface area contributed by atoms with Crippen LogP contribution in [-0.4, -0.2) is 17.7 Å². The van der Waals surface area contributed by atoms with Crippen LogP contribution >= 0.6 is 0 Å². The number of ketones is 1. The first kappa shape index (κ1) is 10.2. The van der Waals surface area contributed by atoms with E-state index in [4.69, 9.17) is 0 Å². The van der Waals surface area contributed by atoms with Crippen LogP contribution in [-0.2, 0) is 9.59 Å². The van der Waals surface area contributed by atoms with Crippen LogP contribution in [0.2, 0.25) is 0 Å². The molecule has 0 aromatic rings. The van der Waals surface area contributed by atoms with Crippen molar-refractivity contribution < 1.29 is 9.59 Å². The maximum Gasteiger partial charge on any atom is 0.217 e. The lowest BCUT2D eigenvalue weighted by Crippen LogP contribution is -2.32. The molecule has 0 bridgehead atoms. The Morgan fingerprint density at radius 2 is 2.38 bits per heavy atom. The fourth-order valence-electron chi connectivity index (χ4n) is 1.97. The van der Waals surface area contributed by atoms with Gasteiger partial charge in [0.25, 0.3) is 0 Å². The molecule has 2 atom stereocenters. The van der Waals surface area contributed by atoms with Crippen molar-refractivity contribution in [1.82, 2.24) is 5.32 Å². The van der Waals surface area contributed by atoms with Crippen LogP contribution in [0, 0.1) is 5.92 Å². The third-order valence-electron chi connectivity index (χ3n) is 2.52. The number of carbonyl (C=O) groups is 2. The first-order chi connectivity index (χ1) is 6.09. The number of carbonyl (C=O) groups excluding carboxylic acids is 2. The van der Waals surface area contributed by atoms with Crippen LogP contribution in [0.15, 0.2) is 0 Å². The Kier molecular flexibility index (Phi) is 3.46. The van der Waals surface area contributed by atoms with Gasteiger partial charge in [0.15, 0.2) is 0 Å². The zero-order valence-corrected chi connectivity index (χ0v) is 8.30. The minimum absolute atomic E-state index is 0.0158. The van der Waals surface area contributed by atoms with Crippen LogP contribution in [0.3, 0.4) is 0 Å². The highest BCUT2D eigenvalue weighted by Gasteiger charge is 2.25. The summed E-state index contributed by atoms with van der Waals surface area (Å²) in [5, 5.41) is 2.80. The van der Waals surface area contributed by atoms with Crippen molar-refractivity contribution in [1.29, 1.82) is 0 Å². The summed E-state index contributed by atoms with van der Waals surface area (Å²) < 4.78 is 0. The number of nitrogens with one attached hydrogen (secondary N) is 1. The third-order valence-corrected chi connectivity index (χ3v) is 2.52. The van der Waals surface area contributed by atoms with Crippen molar-refractivity contribution in [3.8, 4) is 0 Å². The van der Waals surface area contributed by atoms with Crippen LogP contribution in [0.25, 0.3) is 0 Å². The maximum atomic E-state index is 11.3. The van der Waals surface area contributed by atoms with E-state index in [9.17, 15) is 9.59 Å². The van der Waals surface area contributed by atoms with E-state index in [2.05, 4.69) is 5.32 Å². The second-order valence-electron chi connectivity index (χ2n) is 3.89. The minimum Gasteiger partial charge on any atom is -0.354 e. The Morgan fingerprint density at radius 3 is 2.85 bits per heavy atom. The molecular formula is C10H17NO2. The van der Waals surface area contributed by atoms with Gasteiger partial charge in [-0.15, -0.1) is 0 Å². The number of rotatable bonds is 3. The van der Waals surface area contributed by atoms with Crippen molar-refractivity contribution >= 4 is 11.7 Å². The lowest BCUT2D eigenvalue weighted by Gasteiger charge is -2.15. The fraction of sp³-hybridized carbons (Fsp3) is 0.800. The second-order valence-corrected chi connectivity index (χ2v) is 3.89. The van der Waals surface area contributed by atoms with E-state index in [0.29, 0.717) is 5.78 Å². The average Bonchev–Trinajstić information content (AvgIpc) is 2.34. The van der Waals surface area contributed by atoms with Crippen LogP contribution in [0.4, 0.5) is 0 Å². The number of hydrogen-bond acceptors (Lipinski definition) is 2. The summed E-state index contributed by atoms with van der Waals surface area (Å²) in [7, 11) is 0. The molecule has 0 radical (unpaired) electrons. The highest BCUT2D eigenvalue weighted by Crippen LogP contribution is 2.25. The molecule has 0 aliphatic heterocycles. The standard InChI is InChI=1S/C10H17NO2/c1-7(11-8(2)12)6-9-4-3-5-10(9)13/h7,9H,3-6H2,1-2H3,(H,11,12). The van der Waals surface area contributed by atoms with E-state index in [1.807, 2.05) is 6.92 Å². The van der Waals surface area contributed by atoms with Crippen LogP contribution < -0.4 is 5.32 Å². The van der Waals surface area contributed by atoms with Gasteiger partial charge in [-0.25, -0.2) is 0 Å². The van der Waals surface area contributed by atoms with E-state index in [0.717, 1.165) is 25.7 Å². The summed E-state index contributed by atoms with van der Waals surface area (Å²) in [5.74, 6) is 0.553. The number of Topliss-reactive ketones (excluding diaryl/α,β-unsaturated/α-hetero) is 1. The van der Waals surface area contributed by atoms with Gasteiger partial charge in [0.05, 0.1) is 0 Å². The van der Waals surface area contributed by atoms with Gasteiger partial charge >= 0.3 is 0 Å². The van der Waals surface area contributed by atoms with E-state index >= 15 is 0 Å². The molecule has 0 aromatic carbocycles. The lowest BCUT2D eigenvalue weighted by atomic mass is 9.98. The Labute approximate surface area is 78.9 Å². The highest BCUT2D eigenvalue weighted by molar-refractivity contribution is 5.83. The molecular weight excluding hydrogens is 166 g/mol. The Bertz CT molecular complexity index is 213. The molecule has 2 unspecified atom stereocenters. The van der Waals surface area contributed by atoms with E-state index < -0.39 is 0 Å². The normalized spacial score (nSPS) is 24.5. The van der Waals surface area contributed by atoms with Gasteiger partial charge in [-0.2, -0.15) is 0 Å². The van der Waals surface area contributed by atoms with Crippen LogP contribution in [0.5, 0.6) is 0 Å². The zero-order valence-electron chi connectivity index (χ0n) is 8.30. The predicted molar refractivity (Wildman–Crippen MR) is 50.2 cm³/mol. The van der Waals surface area contributed by atoms with Crippen molar-refractivity contribution in [3.05, 3.63) is 0 Å². The number of amides is 1. The molecule has 0 saturated heterocycles. The first-order valence-corrected chi connectivity index (χ1v) is 4.89. The summed E-state index contributed by atoms with van der Waals surface area (Å²) in [6, 6.07) is 0.129. The highest BCUT2D eigenvalue weighted by atomic mass is 16.1. The molecule has 1 rings (SSSR count). The molecule has 1 aliphatic carbocycles. The summed E-state index contributed by atoms with van der Waals surface area (Å²) in [6.45, 7) is 3.46. The smallest absolute Gasteiger partial charge is 0.217 e. The summed E-state index contributed by atoms with van der Waals surface area (Å²) in [4.78, 5) is 22.0. The topological polar surface area (TPSA) is 46.2 Å². The van der Waals surface area contributed by atoms with E-state index in [1.54, 1.807) is 0 Å². The largest absolute Gasteiger partial charge is 0.354 e. The van der Waals surface area contributed by atoms with Gasteiger partial charge in [-0.3, -0.25) is 9.59 Å². The molecule has 3 heteroatoms. The second kappa shape index (κ2) is 4.40. The van der Waals surface area contributed by atoms with Crippen molar-refractivity contribution in [3.63, 3.8) is 0 Å². The van der Waals surface area contributed by atoms with Crippen LogP contribution in [0.1, 0.15) is 39.5 Å². The molecule has 74 valence electrons. The van der Waals surface area contributed by atoms with Crippen molar-refractivity contribution in [2.45, 2.75) is 45.6 Å². The molecule has 1 fully saturated rings. The predicted octanol–water partition coefficient (Wildman–Crippen LogP) is 1.27. The van der Waals surface area contributed by atoms with E-state index in [1.165, 1.54) is 6.92 Å². The van der Waals surface area contributed by atoms with Gasteiger partial charge in [0.1, 0.15) is 5.78 Å². The quantitative estimate of drug-likeness (QED) is 0.716. The molecule has 0 aromatic heterocycles. The van der Waals surface area contributed by atoms with E-state index in [-0.39, 0.29) is 17.9 Å². The molecule has 1 aliphatic rings. The lowest BCUT2D eigenvalue weighted by molar-refractivity contribution is -0.122. The average molecular weight is 183 g/mol. The fourth-order valence-corrected chi connectivity index (χ4v) is 1.97. The van der Waals surface area contributed by atoms with Gasteiger partial charge in [0, 0.05) is 25.3 Å². The van der Waals surface area contributed by atoms with Crippen molar-refractivity contribution in [2.24, 2.45) is 5.92 Å². The summed E-state index contributed by atoms with van der Waals surface area (Å²) in [5.41, 5.74) is 0. The molecule has 3 nitrogen and oxygen atoms in total. The SMILES string of the molecule is CC(=O)NC(C)CC1CCCC1=O.